The molecule has 1 aliphatic carbocycles. The topological polar surface area (TPSA) is 123 Å². The number of benzene rings is 1. The fraction of sp³-hybridized carbons (Fsp3) is 0.308. The minimum Gasteiger partial charge on any atom is -0.459 e. The highest BCUT2D eigenvalue weighted by molar-refractivity contribution is 6.04. The van der Waals surface area contributed by atoms with E-state index in [2.05, 4.69) is 15.6 Å². The Hall–Kier alpha value is -4.34. The van der Waals surface area contributed by atoms with Crippen LogP contribution in [0.25, 0.3) is 0 Å². The second kappa shape index (κ2) is 10.5. The summed E-state index contributed by atoms with van der Waals surface area (Å²) in [5.74, 6) is -0.258. The van der Waals surface area contributed by atoms with E-state index >= 15 is 0 Å². The zero-order valence-electron chi connectivity index (χ0n) is 19.5. The number of fused-ring (bicyclic) bond motifs is 1. The third-order valence-corrected chi connectivity index (χ3v) is 6.26. The van der Waals surface area contributed by atoms with Crippen LogP contribution in [0.2, 0.25) is 0 Å². The lowest BCUT2D eigenvalue weighted by Crippen LogP contribution is -2.49. The van der Waals surface area contributed by atoms with E-state index in [0.717, 1.165) is 25.7 Å². The van der Waals surface area contributed by atoms with E-state index in [0.29, 0.717) is 22.7 Å². The van der Waals surface area contributed by atoms with Crippen LogP contribution >= 0.6 is 0 Å². The lowest BCUT2D eigenvalue weighted by molar-refractivity contribution is -0.126. The van der Waals surface area contributed by atoms with Crippen molar-refractivity contribution in [3.63, 3.8) is 0 Å². The number of nitrogens with one attached hydrogen (secondary N) is 2. The summed E-state index contributed by atoms with van der Waals surface area (Å²) < 4.78 is 16.0. The van der Waals surface area contributed by atoms with Crippen molar-refractivity contribution in [3.05, 3.63) is 72.4 Å². The molecule has 10 nitrogen and oxygen atoms in total. The van der Waals surface area contributed by atoms with Crippen molar-refractivity contribution in [2.75, 3.05) is 18.2 Å². The van der Waals surface area contributed by atoms with Crippen LogP contribution in [0, 0.1) is 0 Å². The van der Waals surface area contributed by atoms with Gasteiger partial charge in [-0.25, -0.2) is 0 Å². The Labute approximate surface area is 207 Å². The van der Waals surface area contributed by atoms with Gasteiger partial charge in [0, 0.05) is 35.8 Å². The molecule has 1 aliphatic heterocycles. The lowest BCUT2D eigenvalue weighted by atomic mass is 10.0. The van der Waals surface area contributed by atoms with Crippen molar-refractivity contribution in [2.45, 2.75) is 37.8 Å². The molecule has 186 valence electrons. The van der Waals surface area contributed by atoms with E-state index in [9.17, 15) is 14.4 Å². The molecule has 0 radical (unpaired) electrons. The maximum Gasteiger partial charge on any atom is 0.287 e. The largest absolute Gasteiger partial charge is 0.459 e. The van der Waals surface area contributed by atoms with Crippen LogP contribution in [-0.2, 0) is 9.59 Å². The van der Waals surface area contributed by atoms with Crippen molar-refractivity contribution >= 4 is 23.4 Å². The number of aromatic nitrogens is 1. The Balaban J connectivity index is 1.49. The second-order valence-electron chi connectivity index (χ2n) is 8.64. The fourth-order valence-corrected chi connectivity index (χ4v) is 4.51. The van der Waals surface area contributed by atoms with Crippen molar-refractivity contribution in [1.29, 1.82) is 0 Å². The SMILES string of the molecule is O=C(NCC(=O)N(c1ccc2c(c1)OCO2)[C@H](C(=O)NC1CCCC1)c1cccnc1)c1ccco1. The van der Waals surface area contributed by atoms with E-state index in [-0.39, 0.29) is 31.0 Å². The van der Waals surface area contributed by atoms with E-state index in [1.165, 1.54) is 17.2 Å². The highest BCUT2D eigenvalue weighted by Crippen LogP contribution is 2.38. The number of amides is 3. The molecule has 0 unspecified atom stereocenters. The lowest BCUT2D eigenvalue weighted by Gasteiger charge is -2.32. The van der Waals surface area contributed by atoms with Gasteiger partial charge in [-0.05, 0) is 43.2 Å². The van der Waals surface area contributed by atoms with Gasteiger partial charge >= 0.3 is 0 Å². The van der Waals surface area contributed by atoms with Crippen LogP contribution in [0.15, 0.2) is 65.5 Å². The van der Waals surface area contributed by atoms with Crippen molar-refractivity contribution in [1.82, 2.24) is 15.6 Å². The summed E-state index contributed by atoms with van der Waals surface area (Å²) in [5.41, 5.74) is 0.961. The van der Waals surface area contributed by atoms with Gasteiger partial charge in [0.05, 0.1) is 12.8 Å². The van der Waals surface area contributed by atoms with Crippen LogP contribution in [0.5, 0.6) is 11.5 Å². The summed E-state index contributed by atoms with van der Waals surface area (Å²) in [7, 11) is 0. The molecule has 0 saturated heterocycles. The first-order valence-electron chi connectivity index (χ1n) is 11.8. The predicted octanol–water partition coefficient (Wildman–Crippen LogP) is 2.97. The first-order chi connectivity index (χ1) is 17.6. The molecule has 5 rings (SSSR count). The van der Waals surface area contributed by atoms with Crippen LogP contribution in [0.4, 0.5) is 5.69 Å². The summed E-state index contributed by atoms with van der Waals surface area (Å²) >= 11 is 0. The van der Waals surface area contributed by atoms with Gasteiger partial charge < -0.3 is 24.5 Å². The van der Waals surface area contributed by atoms with E-state index < -0.39 is 17.9 Å². The highest BCUT2D eigenvalue weighted by atomic mass is 16.7. The first-order valence-corrected chi connectivity index (χ1v) is 11.8. The summed E-state index contributed by atoms with van der Waals surface area (Å²) in [6.07, 6.45) is 8.42. The Morgan fingerprint density at radius 2 is 1.89 bits per heavy atom. The van der Waals surface area contributed by atoms with Gasteiger partial charge in [-0.2, -0.15) is 0 Å². The average Bonchev–Trinajstić information content (AvgIpc) is 3.68. The number of hydrogen-bond donors (Lipinski definition) is 2. The molecule has 2 aliphatic rings. The molecule has 1 fully saturated rings. The Bertz CT molecular complexity index is 1220. The summed E-state index contributed by atoms with van der Waals surface area (Å²) in [5, 5.41) is 5.68. The summed E-state index contributed by atoms with van der Waals surface area (Å²) in [4.78, 5) is 45.3. The third-order valence-electron chi connectivity index (χ3n) is 6.26. The van der Waals surface area contributed by atoms with Crippen LogP contribution in [0.1, 0.15) is 47.8 Å². The molecule has 1 atom stereocenters. The summed E-state index contributed by atoms with van der Waals surface area (Å²) in [6.45, 7) is -0.290. The fourth-order valence-electron chi connectivity index (χ4n) is 4.51. The molecule has 0 bridgehead atoms. The Morgan fingerprint density at radius 3 is 2.64 bits per heavy atom. The van der Waals surface area contributed by atoms with Gasteiger partial charge in [-0.3, -0.25) is 24.3 Å². The molecule has 10 heteroatoms. The van der Waals surface area contributed by atoms with E-state index in [4.69, 9.17) is 13.9 Å². The molecule has 36 heavy (non-hydrogen) atoms. The molecular formula is C26H26N4O6. The summed E-state index contributed by atoms with van der Waals surface area (Å²) in [6, 6.07) is 10.6. The van der Waals surface area contributed by atoms with Gasteiger partial charge in [-0.15, -0.1) is 0 Å². The number of rotatable bonds is 8. The Morgan fingerprint density at radius 1 is 1.06 bits per heavy atom. The molecular weight excluding hydrogens is 464 g/mol. The standard InChI is InChI=1S/C26H26N4O6/c31-23(15-28-25(32)21-8-4-12-34-21)30(19-9-10-20-22(13-19)36-16-35-20)24(17-5-3-11-27-14-17)26(33)29-18-6-1-2-7-18/h3-5,8-14,18,24H,1-2,6-7,15-16H2,(H,28,32)(H,29,33)/t24-/m0/s1. The van der Waals surface area contributed by atoms with Crippen molar-refractivity contribution in [3.8, 4) is 11.5 Å². The molecule has 2 aromatic heterocycles. The number of anilines is 1. The number of hydrogen-bond acceptors (Lipinski definition) is 7. The molecule has 0 spiro atoms. The number of carbonyl (C=O) groups excluding carboxylic acids is 3. The van der Waals surface area contributed by atoms with E-state index in [1.807, 2.05) is 0 Å². The normalized spacial score (nSPS) is 15.3. The number of furan rings is 1. The van der Waals surface area contributed by atoms with Gasteiger partial charge in [0.25, 0.3) is 5.91 Å². The number of ether oxygens (including phenoxy) is 2. The minimum absolute atomic E-state index is 0.0454. The molecule has 3 heterocycles. The van der Waals surface area contributed by atoms with Crippen LogP contribution in [-0.4, -0.2) is 42.1 Å². The smallest absolute Gasteiger partial charge is 0.287 e. The first kappa shape index (κ1) is 23.4. The van der Waals surface area contributed by atoms with E-state index in [1.54, 1.807) is 48.8 Å². The van der Waals surface area contributed by atoms with Crippen LogP contribution < -0.4 is 25.0 Å². The zero-order chi connectivity index (χ0) is 24.9. The van der Waals surface area contributed by atoms with Gasteiger partial charge in [-0.1, -0.05) is 18.9 Å². The number of carbonyl (C=O) groups is 3. The third kappa shape index (κ3) is 5.02. The van der Waals surface area contributed by atoms with Gasteiger partial charge in [0.15, 0.2) is 17.3 Å². The second-order valence-corrected chi connectivity index (χ2v) is 8.64. The van der Waals surface area contributed by atoms with Gasteiger partial charge in [0.1, 0.15) is 6.04 Å². The maximum atomic E-state index is 13.7. The minimum atomic E-state index is -1.02. The predicted molar refractivity (Wildman–Crippen MR) is 128 cm³/mol. The monoisotopic (exact) mass is 490 g/mol. The van der Waals surface area contributed by atoms with Gasteiger partial charge in [0.2, 0.25) is 18.6 Å². The number of nitrogens with zero attached hydrogens (tertiary/aromatic N) is 2. The highest BCUT2D eigenvalue weighted by Gasteiger charge is 2.35. The molecule has 2 N–H and O–H groups in total. The quantitative estimate of drug-likeness (QED) is 0.498. The molecule has 3 aromatic rings. The zero-order valence-corrected chi connectivity index (χ0v) is 19.5. The molecule has 3 amide bonds. The van der Waals surface area contributed by atoms with Crippen LogP contribution in [0.3, 0.4) is 0 Å². The molecule has 1 saturated carbocycles. The van der Waals surface area contributed by atoms with Crippen molar-refractivity contribution in [2.24, 2.45) is 0 Å². The Kier molecular flexibility index (Phi) is 6.83. The van der Waals surface area contributed by atoms with Crippen molar-refractivity contribution < 1.29 is 28.3 Å². The average molecular weight is 491 g/mol. The number of pyridine rings is 1. The maximum absolute atomic E-state index is 13.7. The molecule has 1 aromatic carbocycles.